The predicted molar refractivity (Wildman–Crippen MR) is 71.6 cm³/mol. The summed E-state index contributed by atoms with van der Waals surface area (Å²) in [6.45, 7) is 1.82. The summed E-state index contributed by atoms with van der Waals surface area (Å²) >= 11 is 0. The molecule has 0 atom stereocenters. The summed E-state index contributed by atoms with van der Waals surface area (Å²) in [5.74, 6) is -0.876. The van der Waals surface area contributed by atoms with Gasteiger partial charge in [0.1, 0.15) is 10.7 Å². The van der Waals surface area contributed by atoms with Crippen LogP contribution < -0.4 is 5.73 Å². The molecule has 1 rings (SSSR count). The van der Waals surface area contributed by atoms with Gasteiger partial charge in [0, 0.05) is 18.8 Å². The molecule has 0 saturated heterocycles. The van der Waals surface area contributed by atoms with Gasteiger partial charge in [0.25, 0.3) is 0 Å². The molecule has 0 saturated carbocycles. The van der Waals surface area contributed by atoms with Crippen molar-refractivity contribution in [2.45, 2.75) is 24.7 Å². The topological polar surface area (TPSA) is 83.6 Å². The third kappa shape index (κ3) is 3.89. The molecule has 0 amide bonds. The van der Waals surface area contributed by atoms with Crippen molar-refractivity contribution in [2.24, 2.45) is 0 Å². The van der Waals surface area contributed by atoms with Crippen molar-refractivity contribution in [3.05, 3.63) is 24.0 Å². The number of benzene rings is 1. The number of hydrogen-bond acceptors (Lipinski definition) is 4. The minimum atomic E-state index is -3.94. The molecule has 0 aliphatic heterocycles. The molecular formula is C12H19FN2O3S. The number of rotatable bonds is 7. The Balaban J connectivity index is 3.11. The lowest BCUT2D eigenvalue weighted by Crippen LogP contribution is -2.35. The highest BCUT2D eigenvalue weighted by Crippen LogP contribution is 2.21. The van der Waals surface area contributed by atoms with Crippen LogP contribution in [0, 0.1) is 5.82 Å². The van der Waals surface area contributed by atoms with Crippen LogP contribution in [0.2, 0.25) is 0 Å². The van der Waals surface area contributed by atoms with Crippen LogP contribution >= 0.6 is 0 Å². The average molecular weight is 290 g/mol. The van der Waals surface area contributed by atoms with Gasteiger partial charge in [-0.3, -0.25) is 0 Å². The van der Waals surface area contributed by atoms with E-state index >= 15 is 0 Å². The Kier molecular flexibility index (Phi) is 5.71. The van der Waals surface area contributed by atoms with Crippen LogP contribution in [0.25, 0.3) is 0 Å². The summed E-state index contributed by atoms with van der Waals surface area (Å²) in [5.41, 5.74) is 5.56. The van der Waals surface area contributed by atoms with Crippen molar-refractivity contribution in [3.8, 4) is 0 Å². The van der Waals surface area contributed by atoms with Crippen LogP contribution in [-0.2, 0) is 10.0 Å². The summed E-state index contributed by atoms with van der Waals surface area (Å²) in [6.07, 6.45) is 1.46. The number of aliphatic hydroxyl groups excluding tert-OH is 1. The summed E-state index contributed by atoms with van der Waals surface area (Å²) in [7, 11) is -3.94. The number of nitrogen functional groups attached to an aromatic ring is 1. The fourth-order valence-electron chi connectivity index (χ4n) is 1.66. The van der Waals surface area contributed by atoms with Crippen LogP contribution in [0.4, 0.5) is 10.1 Å². The highest BCUT2D eigenvalue weighted by Gasteiger charge is 2.26. The van der Waals surface area contributed by atoms with Gasteiger partial charge in [0.15, 0.2) is 0 Å². The van der Waals surface area contributed by atoms with Gasteiger partial charge in [-0.2, -0.15) is 4.31 Å². The highest BCUT2D eigenvalue weighted by molar-refractivity contribution is 7.89. The van der Waals surface area contributed by atoms with Crippen molar-refractivity contribution in [1.82, 2.24) is 4.31 Å². The van der Waals surface area contributed by atoms with E-state index in [9.17, 15) is 12.8 Å². The molecule has 5 nitrogen and oxygen atoms in total. The lowest BCUT2D eigenvalue weighted by atomic mass is 10.3. The molecule has 0 aliphatic carbocycles. The molecule has 0 unspecified atom stereocenters. The van der Waals surface area contributed by atoms with E-state index < -0.39 is 20.7 Å². The Bertz CT molecular complexity index is 520. The number of nitrogens with zero attached hydrogens (tertiary/aromatic N) is 1. The SMILES string of the molecule is CCCCN(CCO)S(=O)(=O)c1ccc(N)cc1F. The molecule has 19 heavy (non-hydrogen) atoms. The Labute approximate surface area is 112 Å². The lowest BCUT2D eigenvalue weighted by molar-refractivity contribution is 0.252. The van der Waals surface area contributed by atoms with E-state index in [4.69, 9.17) is 10.8 Å². The van der Waals surface area contributed by atoms with Gasteiger partial charge in [-0.1, -0.05) is 13.3 Å². The third-order valence-corrected chi connectivity index (χ3v) is 4.62. The minimum Gasteiger partial charge on any atom is -0.399 e. The second-order valence-corrected chi connectivity index (χ2v) is 6.08. The van der Waals surface area contributed by atoms with Crippen LogP contribution in [0.15, 0.2) is 23.1 Å². The van der Waals surface area contributed by atoms with E-state index in [2.05, 4.69) is 0 Å². The van der Waals surface area contributed by atoms with Crippen molar-refractivity contribution >= 4 is 15.7 Å². The Morgan fingerprint density at radius 1 is 1.37 bits per heavy atom. The normalized spacial score (nSPS) is 12.0. The maximum absolute atomic E-state index is 13.7. The smallest absolute Gasteiger partial charge is 0.246 e. The molecule has 0 fully saturated rings. The number of aliphatic hydroxyl groups is 1. The Morgan fingerprint density at radius 2 is 2.05 bits per heavy atom. The third-order valence-electron chi connectivity index (χ3n) is 2.68. The molecule has 0 heterocycles. The molecule has 0 aliphatic rings. The maximum Gasteiger partial charge on any atom is 0.246 e. The molecule has 1 aromatic rings. The number of unbranched alkanes of at least 4 members (excludes halogenated alkanes) is 1. The van der Waals surface area contributed by atoms with E-state index in [0.29, 0.717) is 6.42 Å². The Hall–Kier alpha value is -1.18. The summed E-state index contributed by atoms with van der Waals surface area (Å²) in [4.78, 5) is -0.411. The summed E-state index contributed by atoms with van der Waals surface area (Å²) in [6, 6.07) is 3.47. The fourth-order valence-corrected chi connectivity index (χ4v) is 3.18. The van der Waals surface area contributed by atoms with E-state index in [1.165, 1.54) is 6.07 Å². The molecular weight excluding hydrogens is 271 g/mol. The van der Waals surface area contributed by atoms with E-state index in [0.717, 1.165) is 22.9 Å². The van der Waals surface area contributed by atoms with Gasteiger partial charge in [-0.15, -0.1) is 0 Å². The van der Waals surface area contributed by atoms with Crippen LogP contribution in [0.1, 0.15) is 19.8 Å². The maximum atomic E-state index is 13.7. The first-order valence-electron chi connectivity index (χ1n) is 6.09. The van der Waals surface area contributed by atoms with E-state index in [-0.39, 0.29) is 25.4 Å². The van der Waals surface area contributed by atoms with Crippen molar-refractivity contribution < 1.29 is 17.9 Å². The highest BCUT2D eigenvalue weighted by atomic mass is 32.2. The van der Waals surface area contributed by atoms with Crippen molar-refractivity contribution in [2.75, 3.05) is 25.4 Å². The van der Waals surface area contributed by atoms with Crippen LogP contribution in [0.3, 0.4) is 0 Å². The largest absolute Gasteiger partial charge is 0.399 e. The number of anilines is 1. The summed E-state index contributed by atoms with van der Waals surface area (Å²) in [5, 5.41) is 8.94. The quantitative estimate of drug-likeness (QED) is 0.739. The van der Waals surface area contributed by atoms with E-state index in [1.807, 2.05) is 6.92 Å². The lowest BCUT2D eigenvalue weighted by Gasteiger charge is -2.21. The first-order chi connectivity index (χ1) is 8.93. The minimum absolute atomic E-state index is 0.0495. The zero-order valence-electron chi connectivity index (χ0n) is 10.8. The molecule has 3 N–H and O–H groups in total. The zero-order chi connectivity index (χ0) is 14.5. The van der Waals surface area contributed by atoms with Crippen molar-refractivity contribution in [3.63, 3.8) is 0 Å². The number of halogens is 1. The number of nitrogens with two attached hydrogens (primary N) is 1. The molecule has 0 bridgehead atoms. The monoisotopic (exact) mass is 290 g/mol. The van der Waals surface area contributed by atoms with Gasteiger partial charge >= 0.3 is 0 Å². The van der Waals surface area contributed by atoms with Gasteiger partial charge in [-0.05, 0) is 24.6 Å². The van der Waals surface area contributed by atoms with Gasteiger partial charge in [0.2, 0.25) is 10.0 Å². The number of hydrogen-bond donors (Lipinski definition) is 2. The molecule has 0 aromatic heterocycles. The fraction of sp³-hybridized carbons (Fsp3) is 0.500. The first-order valence-corrected chi connectivity index (χ1v) is 7.53. The first kappa shape index (κ1) is 15.9. The Morgan fingerprint density at radius 3 is 2.58 bits per heavy atom. The van der Waals surface area contributed by atoms with E-state index in [1.54, 1.807) is 0 Å². The van der Waals surface area contributed by atoms with Gasteiger partial charge in [0.05, 0.1) is 6.61 Å². The van der Waals surface area contributed by atoms with Crippen LogP contribution in [0.5, 0.6) is 0 Å². The number of sulfonamides is 1. The molecule has 1 aromatic carbocycles. The standard InChI is InChI=1S/C12H19FN2O3S/c1-2-3-6-15(7-8-16)19(17,18)12-5-4-10(14)9-11(12)13/h4-5,9,16H,2-3,6-8,14H2,1H3. The zero-order valence-corrected chi connectivity index (χ0v) is 11.7. The van der Waals surface area contributed by atoms with Gasteiger partial charge < -0.3 is 10.8 Å². The van der Waals surface area contributed by atoms with Crippen LogP contribution in [-0.4, -0.2) is 37.5 Å². The molecule has 0 radical (unpaired) electrons. The molecule has 7 heteroatoms. The average Bonchev–Trinajstić information content (AvgIpc) is 2.33. The second kappa shape index (κ2) is 6.83. The summed E-state index contributed by atoms with van der Waals surface area (Å²) < 4.78 is 39.4. The second-order valence-electron chi connectivity index (χ2n) is 4.17. The molecule has 0 spiro atoms. The predicted octanol–water partition coefficient (Wildman–Crippen LogP) is 1.19. The van der Waals surface area contributed by atoms with Gasteiger partial charge in [-0.25, -0.2) is 12.8 Å². The van der Waals surface area contributed by atoms with Crippen molar-refractivity contribution in [1.29, 1.82) is 0 Å². The molecule has 108 valence electrons.